The van der Waals surface area contributed by atoms with Crippen molar-refractivity contribution in [3.8, 4) is 11.3 Å². The van der Waals surface area contributed by atoms with Crippen molar-refractivity contribution < 1.29 is 22.4 Å². The van der Waals surface area contributed by atoms with Crippen LogP contribution in [0.3, 0.4) is 0 Å². The lowest BCUT2D eigenvalue weighted by atomic mass is 10.0. The monoisotopic (exact) mass is 374 g/mol. The molecule has 0 spiro atoms. The van der Waals surface area contributed by atoms with Gasteiger partial charge in [-0.3, -0.25) is 4.79 Å². The van der Waals surface area contributed by atoms with Gasteiger partial charge in [0.1, 0.15) is 5.82 Å². The molecule has 27 heavy (non-hydrogen) atoms. The van der Waals surface area contributed by atoms with E-state index in [1.165, 1.54) is 0 Å². The minimum atomic E-state index is -4.62. The van der Waals surface area contributed by atoms with Crippen LogP contribution in [0.2, 0.25) is 0 Å². The molecule has 0 aliphatic rings. The number of carbonyl (C=O) groups excluding carboxylic acids is 1. The van der Waals surface area contributed by atoms with Crippen LogP contribution in [0.4, 0.5) is 23.2 Å². The van der Waals surface area contributed by atoms with Crippen LogP contribution in [-0.2, 0) is 11.0 Å². The van der Waals surface area contributed by atoms with Crippen LogP contribution in [0, 0.1) is 12.7 Å². The van der Waals surface area contributed by atoms with E-state index in [2.05, 4.69) is 16.9 Å². The number of fused-ring (bicyclic) bond motifs is 1. The fourth-order valence-corrected chi connectivity index (χ4v) is 2.71. The molecule has 0 saturated carbocycles. The van der Waals surface area contributed by atoms with Crippen LogP contribution in [0.5, 0.6) is 0 Å². The van der Waals surface area contributed by atoms with E-state index < -0.39 is 23.5 Å². The van der Waals surface area contributed by atoms with Crippen molar-refractivity contribution in [2.24, 2.45) is 0 Å². The topological polar surface area (TPSA) is 42.0 Å². The summed E-state index contributed by atoms with van der Waals surface area (Å²) in [5.41, 5.74) is 0.842. The number of anilines is 1. The van der Waals surface area contributed by atoms with Crippen molar-refractivity contribution in [1.29, 1.82) is 0 Å². The molecule has 3 rings (SSSR count). The van der Waals surface area contributed by atoms with Gasteiger partial charge in [-0.25, -0.2) is 9.37 Å². The Morgan fingerprint density at radius 3 is 2.52 bits per heavy atom. The molecular formula is C20H14F4N2O. The summed E-state index contributed by atoms with van der Waals surface area (Å²) < 4.78 is 52.5. The van der Waals surface area contributed by atoms with E-state index in [0.717, 1.165) is 29.2 Å². The summed E-state index contributed by atoms with van der Waals surface area (Å²) in [6, 6.07) is 9.00. The molecule has 0 bridgehead atoms. The van der Waals surface area contributed by atoms with Gasteiger partial charge in [-0.2, -0.15) is 13.2 Å². The van der Waals surface area contributed by atoms with Gasteiger partial charge in [0.05, 0.1) is 16.8 Å². The number of alkyl halides is 3. The Balaban J connectivity index is 2.09. The minimum Gasteiger partial charge on any atom is -0.322 e. The molecule has 0 fully saturated rings. The van der Waals surface area contributed by atoms with Gasteiger partial charge >= 0.3 is 6.18 Å². The van der Waals surface area contributed by atoms with Gasteiger partial charge in [0, 0.05) is 16.6 Å². The summed E-state index contributed by atoms with van der Waals surface area (Å²) in [5, 5.41) is 3.38. The number of aromatic nitrogens is 1. The Labute approximate surface area is 152 Å². The minimum absolute atomic E-state index is 0.0338. The van der Waals surface area contributed by atoms with Crippen molar-refractivity contribution in [3.05, 3.63) is 72.1 Å². The lowest BCUT2D eigenvalue weighted by Gasteiger charge is -2.11. The molecule has 1 aromatic heterocycles. The second-order valence-electron chi connectivity index (χ2n) is 5.94. The SMILES string of the molecule is C=CC(=O)Nc1ccc2c(C)cc(-c3ccc(C(F)(F)F)cc3F)nc2c1. The standard InChI is InChI=1S/C20H14F4N2O/c1-3-19(27)25-13-5-7-14-11(2)8-17(26-18(14)10-13)15-6-4-12(9-16(15)21)20(22,23)24/h3-10H,1H2,2H3,(H,25,27). The number of aryl methyl sites for hydroxylation is 1. The normalized spacial score (nSPS) is 11.4. The lowest BCUT2D eigenvalue weighted by molar-refractivity contribution is -0.137. The number of pyridine rings is 1. The van der Waals surface area contributed by atoms with Gasteiger partial charge < -0.3 is 5.32 Å². The smallest absolute Gasteiger partial charge is 0.322 e. The number of halogens is 4. The van der Waals surface area contributed by atoms with Gasteiger partial charge in [-0.15, -0.1) is 0 Å². The van der Waals surface area contributed by atoms with E-state index in [9.17, 15) is 22.4 Å². The molecule has 3 aromatic rings. The van der Waals surface area contributed by atoms with Crippen LogP contribution in [0.15, 0.2) is 55.1 Å². The molecule has 0 saturated heterocycles. The Hall–Kier alpha value is -3.22. The second kappa shape index (κ2) is 6.83. The third-order valence-corrected chi connectivity index (χ3v) is 4.04. The Morgan fingerprint density at radius 1 is 1.15 bits per heavy atom. The highest BCUT2D eigenvalue weighted by atomic mass is 19.4. The number of nitrogens with one attached hydrogen (secondary N) is 1. The quantitative estimate of drug-likeness (QED) is 0.486. The van der Waals surface area contributed by atoms with Gasteiger partial charge in [0.25, 0.3) is 0 Å². The predicted molar refractivity (Wildman–Crippen MR) is 95.7 cm³/mol. The van der Waals surface area contributed by atoms with Crippen LogP contribution < -0.4 is 5.32 Å². The van der Waals surface area contributed by atoms with Gasteiger partial charge in [0.15, 0.2) is 0 Å². The molecule has 2 aromatic carbocycles. The number of nitrogens with zero attached hydrogens (tertiary/aromatic N) is 1. The maximum absolute atomic E-state index is 14.3. The van der Waals surface area contributed by atoms with Crippen molar-refractivity contribution >= 4 is 22.5 Å². The molecule has 1 heterocycles. The molecule has 138 valence electrons. The molecule has 3 nitrogen and oxygen atoms in total. The predicted octanol–water partition coefficient (Wildman–Crippen LogP) is 5.49. The first-order chi connectivity index (χ1) is 12.7. The molecule has 0 radical (unpaired) electrons. The number of hydrogen-bond donors (Lipinski definition) is 1. The van der Waals surface area contributed by atoms with Gasteiger partial charge in [-0.1, -0.05) is 12.6 Å². The Morgan fingerprint density at radius 2 is 1.89 bits per heavy atom. The van der Waals surface area contributed by atoms with E-state index in [4.69, 9.17) is 0 Å². The molecule has 0 unspecified atom stereocenters. The number of carbonyl (C=O) groups is 1. The van der Waals surface area contributed by atoms with E-state index >= 15 is 0 Å². The largest absolute Gasteiger partial charge is 0.416 e. The van der Waals surface area contributed by atoms with Crippen LogP contribution in [0.1, 0.15) is 11.1 Å². The fraction of sp³-hybridized carbons (Fsp3) is 0.100. The zero-order chi connectivity index (χ0) is 19.8. The molecule has 1 N–H and O–H groups in total. The number of amides is 1. The number of hydrogen-bond acceptors (Lipinski definition) is 2. The van der Waals surface area contributed by atoms with Crippen molar-refractivity contribution in [1.82, 2.24) is 4.98 Å². The maximum Gasteiger partial charge on any atom is 0.416 e. The zero-order valence-electron chi connectivity index (χ0n) is 14.2. The highest BCUT2D eigenvalue weighted by molar-refractivity contribution is 6.00. The van der Waals surface area contributed by atoms with Crippen LogP contribution in [-0.4, -0.2) is 10.9 Å². The lowest BCUT2D eigenvalue weighted by Crippen LogP contribution is -2.07. The fourth-order valence-electron chi connectivity index (χ4n) is 2.71. The third kappa shape index (κ3) is 3.81. The highest BCUT2D eigenvalue weighted by Gasteiger charge is 2.31. The van der Waals surface area contributed by atoms with Gasteiger partial charge in [-0.05, 0) is 55.0 Å². The number of rotatable bonds is 3. The maximum atomic E-state index is 14.3. The van der Waals surface area contributed by atoms with E-state index in [-0.39, 0.29) is 11.3 Å². The third-order valence-electron chi connectivity index (χ3n) is 4.04. The van der Waals surface area contributed by atoms with Crippen molar-refractivity contribution in [2.45, 2.75) is 13.1 Å². The molecule has 0 aliphatic carbocycles. The van der Waals surface area contributed by atoms with Crippen molar-refractivity contribution in [2.75, 3.05) is 5.32 Å². The average molecular weight is 374 g/mol. The molecule has 0 atom stereocenters. The summed E-state index contributed by atoms with van der Waals surface area (Å²) >= 11 is 0. The summed E-state index contributed by atoms with van der Waals surface area (Å²) in [6.07, 6.45) is -3.50. The summed E-state index contributed by atoms with van der Waals surface area (Å²) in [7, 11) is 0. The van der Waals surface area contributed by atoms with Crippen LogP contribution in [0.25, 0.3) is 22.2 Å². The molecule has 0 aliphatic heterocycles. The second-order valence-corrected chi connectivity index (χ2v) is 5.94. The Bertz CT molecular complexity index is 1060. The molecule has 1 amide bonds. The summed E-state index contributed by atoms with van der Waals surface area (Å²) in [6.45, 7) is 5.16. The zero-order valence-corrected chi connectivity index (χ0v) is 14.2. The summed E-state index contributed by atoms with van der Waals surface area (Å²) in [4.78, 5) is 15.8. The van der Waals surface area contributed by atoms with E-state index in [1.54, 1.807) is 31.2 Å². The molecular weight excluding hydrogens is 360 g/mol. The Kier molecular flexibility index (Phi) is 4.70. The van der Waals surface area contributed by atoms with E-state index in [0.29, 0.717) is 17.3 Å². The first-order valence-corrected chi connectivity index (χ1v) is 7.91. The van der Waals surface area contributed by atoms with Gasteiger partial charge in [0.2, 0.25) is 5.91 Å². The van der Waals surface area contributed by atoms with E-state index in [1.807, 2.05) is 0 Å². The average Bonchev–Trinajstić information content (AvgIpc) is 2.60. The highest BCUT2D eigenvalue weighted by Crippen LogP contribution is 2.33. The van der Waals surface area contributed by atoms with Crippen LogP contribution >= 0.6 is 0 Å². The summed E-state index contributed by atoms with van der Waals surface area (Å²) in [5.74, 6) is -1.40. The number of benzene rings is 2. The first kappa shape index (κ1) is 18.6. The van der Waals surface area contributed by atoms with Crippen molar-refractivity contribution in [3.63, 3.8) is 0 Å². The molecule has 7 heteroatoms. The first-order valence-electron chi connectivity index (χ1n) is 7.91.